The molecule has 3 aliphatic rings. The standard InChI is InChI=1S/C18H34N2/c1-18(2)10-8-16(9-11-18)20(3)13-15-12-14-6-4-5-7-17(14)19-15/h14-17,19H,4-13H2,1-3H3. The largest absolute Gasteiger partial charge is 0.310 e. The summed E-state index contributed by atoms with van der Waals surface area (Å²) in [6, 6.07) is 2.46. The molecule has 3 rings (SSSR count). The van der Waals surface area contributed by atoms with Crippen LogP contribution in [0.15, 0.2) is 0 Å². The molecule has 0 spiro atoms. The van der Waals surface area contributed by atoms with E-state index in [1.807, 2.05) is 0 Å². The normalized spacial score (nSPS) is 38.1. The molecule has 1 N–H and O–H groups in total. The Morgan fingerprint density at radius 3 is 2.45 bits per heavy atom. The summed E-state index contributed by atoms with van der Waals surface area (Å²) < 4.78 is 0. The van der Waals surface area contributed by atoms with Gasteiger partial charge in [0.05, 0.1) is 0 Å². The molecule has 1 heterocycles. The van der Waals surface area contributed by atoms with E-state index >= 15 is 0 Å². The van der Waals surface area contributed by atoms with Gasteiger partial charge in [0.2, 0.25) is 0 Å². The van der Waals surface area contributed by atoms with Crippen molar-refractivity contribution in [3.63, 3.8) is 0 Å². The highest BCUT2D eigenvalue weighted by molar-refractivity contribution is 4.94. The summed E-state index contributed by atoms with van der Waals surface area (Å²) >= 11 is 0. The summed E-state index contributed by atoms with van der Waals surface area (Å²) in [5.74, 6) is 0.993. The molecule has 2 nitrogen and oxygen atoms in total. The number of likely N-dealkylation sites (N-methyl/N-ethyl adjacent to an activating group) is 1. The van der Waals surface area contributed by atoms with Crippen molar-refractivity contribution in [3.05, 3.63) is 0 Å². The topological polar surface area (TPSA) is 15.3 Å². The van der Waals surface area contributed by atoms with Crippen molar-refractivity contribution in [1.82, 2.24) is 10.2 Å². The van der Waals surface area contributed by atoms with E-state index < -0.39 is 0 Å². The SMILES string of the molecule is CN(CC1CC2CCCCC2N1)C1CCC(C)(C)CC1. The van der Waals surface area contributed by atoms with Gasteiger partial charge in [0, 0.05) is 24.7 Å². The lowest BCUT2D eigenvalue weighted by Crippen LogP contribution is -2.44. The van der Waals surface area contributed by atoms with E-state index in [4.69, 9.17) is 0 Å². The average molecular weight is 278 g/mol. The zero-order chi connectivity index (χ0) is 14.2. The van der Waals surface area contributed by atoms with Crippen molar-refractivity contribution in [2.45, 2.75) is 89.8 Å². The molecule has 0 radical (unpaired) electrons. The fourth-order valence-electron chi connectivity index (χ4n) is 4.89. The second-order valence-corrected chi connectivity index (χ2v) is 8.59. The zero-order valence-electron chi connectivity index (χ0n) is 13.8. The van der Waals surface area contributed by atoms with Crippen molar-refractivity contribution >= 4 is 0 Å². The van der Waals surface area contributed by atoms with Gasteiger partial charge in [-0.3, -0.25) is 0 Å². The highest BCUT2D eigenvalue weighted by Gasteiger charge is 2.36. The minimum absolute atomic E-state index is 0.595. The molecule has 20 heavy (non-hydrogen) atoms. The van der Waals surface area contributed by atoms with Gasteiger partial charge in [-0.1, -0.05) is 26.7 Å². The summed E-state index contributed by atoms with van der Waals surface area (Å²) in [5, 5.41) is 3.94. The Labute approximate surface area is 125 Å². The molecule has 0 aromatic rings. The molecule has 1 aliphatic heterocycles. The number of fused-ring (bicyclic) bond motifs is 1. The minimum Gasteiger partial charge on any atom is -0.310 e. The lowest BCUT2D eigenvalue weighted by atomic mass is 9.75. The molecule has 3 atom stereocenters. The van der Waals surface area contributed by atoms with Gasteiger partial charge < -0.3 is 10.2 Å². The van der Waals surface area contributed by atoms with Crippen LogP contribution in [0.2, 0.25) is 0 Å². The van der Waals surface area contributed by atoms with E-state index in [0.29, 0.717) is 5.41 Å². The lowest BCUT2D eigenvalue weighted by molar-refractivity contribution is 0.120. The second-order valence-electron chi connectivity index (χ2n) is 8.59. The van der Waals surface area contributed by atoms with E-state index in [0.717, 1.165) is 24.0 Å². The molecule has 0 amide bonds. The van der Waals surface area contributed by atoms with Crippen LogP contribution in [0, 0.1) is 11.3 Å². The van der Waals surface area contributed by atoms with E-state index in [2.05, 4.69) is 31.1 Å². The molecular weight excluding hydrogens is 244 g/mol. The van der Waals surface area contributed by atoms with Crippen LogP contribution in [0.5, 0.6) is 0 Å². The van der Waals surface area contributed by atoms with Crippen LogP contribution < -0.4 is 5.32 Å². The summed E-state index contributed by atoms with van der Waals surface area (Å²) in [5.41, 5.74) is 0.595. The smallest absolute Gasteiger partial charge is 0.0200 e. The third-order valence-electron chi connectivity index (χ3n) is 6.39. The van der Waals surface area contributed by atoms with E-state index in [1.54, 1.807) is 0 Å². The predicted octanol–water partition coefficient (Wildman–Crippen LogP) is 3.81. The fourth-order valence-corrected chi connectivity index (χ4v) is 4.89. The van der Waals surface area contributed by atoms with Gasteiger partial charge in [0.1, 0.15) is 0 Å². The highest BCUT2D eigenvalue weighted by atomic mass is 15.2. The third-order valence-corrected chi connectivity index (χ3v) is 6.39. The van der Waals surface area contributed by atoms with Crippen LogP contribution in [0.25, 0.3) is 0 Å². The van der Waals surface area contributed by atoms with Gasteiger partial charge in [-0.15, -0.1) is 0 Å². The summed E-state index contributed by atoms with van der Waals surface area (Å²) in [7, 11) is 2.37. The van der Waals surface area contributed by atoms with Crippen molar-refractivity contribution in [3.8, 4) is 0 Å². The van der Waals surface area contributed by atoms with Crippen LogP contribution in [-0.4, -0.2) is 36.6 Å². The maximum Gasteiger partial charge on any atom is 0.0200 e. The molecule has 3 unspecified atom stereocenters. The van der Waals surface area contributed by atoms with Crippen LogP contribution >= 0.6 is 0 Å². The Kier molecular flexibility index (Phi) is 4.42. The van der Waals surface area contributed by atoms with Gasteiger partial charge >= 0.3 is 0 Å². The van der Waals surface area contributed by atoms with E-state index in [1.165, 1.54) is 64.3 Å². The van der Waals surface area contributed by atoms with Crippen molar-refractivity contribution in [1.29, 1.82) is 0 Å². The third kappa shape index (κ3) is 3.39. The first-order chi connectivity index (χ1) is 9.53. The molecule has 0 aromatic carbocycles. The fraction of sp³-hybridized carbons (Fsp3) is 1.00. The number of rotatable bonds is 3. The van der Waals surface area contributed by atoms with Crippen LogP contribution in [0.4, 0.5) is 0 Å². The van der Waals surface area contributed by atoms with Crippen molar-refractivity contribution < 1.29 is 0 Å². The van der Waals surface area contributed by atoms with Gasteiger partial charge in [-0.25, -0.2) is 0 Å². The van der Waals surface area contributed by atoms with Gasteiger partial charge in [-0.2, -0.15) is 0 Å². The predicted molar refractivity (Wildman–Crippen MR) is 86.0 cm³/mol. The molecule has 2 aliphatic carbocycles. The lowest BCUT2D eigenvalue weighted by Gasteiger charge is -2.39. The van der Waals surface area contributed by atoms with Gasteiger partial charge in [0.15, 0.2) is 0 Å². The maximum atomic E-state index is 3.94. The number of nitrogens with one attached hydrogen (secondary N) is 1. The Morgan fingerprint density at radius 1 is 1.05 bits per heavy atom. The zero-order valence-corrected chi connectivity index (χ0v) is 13.8. The van der Waals surface area contributed by atoms with Crippen molar-refractivity contribution in [2.24, 2.45) is 11.3 Å². The Hall–Kier alpha value is -0.0800. The highest BCUT2D eigenvalue weighted by Crippen LogP contribution is 2.37. The minimum atomic E-state index is 0.595. The number of nitrogens with zero attached hydrogens (tertiary/aromatic N) is 1. The quantitative estimate of drug-likeness (QED) is 0.844. The number of hydrogen-bond acceptors (Lipinski definition) is 2. The summed E-state index contributed by atoms with van der Waals surface area (Å²) in [6.07, 6.45) is 12.9. The molecule has 116 valence electrons. The van der Waals surface area contributed by atoms with E-state index in [-0.39, 0.29) is 0 Å². The van der Waals surface area contributed by atoms with Crippen molar-refractivity contribution in [2.75, 3.05) is 13.6 Å². The maximum absolute atomic E-state index is 3.94. The second kappa shape index (κ2) is 5.96. The Bertz CT molecular complexity index is 301. The molecule has 2 saturated carbocycles. The molecule has 0 bridgehead atoms. The van der Waals surface area contributed by atoms with Crippen LogP contribution in [0.3, 0.4) is 0 Å². The van der Waals surface area contributed by atoms with E-state index in [9.17, 15) is 0 Å². The number of hydrogen-bond donors (Lipinski definition) is 1. The average Bonchev–Trinajstić information content (AvgIpc) is 2.80. The van der Waals surface area contributed by atoms with Crippen LogP contribution in [-0.2, 0) is 0 Å². The molecular formula is C18H34N2. The first-order valence-electron chi connectivity index (χ1n) is 9.00. The monoisotopic (exact) mass is 278 g/mol. The Balaban J connectivity index is 1.46. The summed E-state index contributed by atoms with van der Waals surface area (Å²) in [6.45, 7) is 6.15. The first kappa shape index (κ1) is 14.8. The molecule has 2 heteroatoms. The molecule has 0 aromatic heterocycles. The summed E-state index contributed by atoms with van der Waals surface area (Å²) in [4.78, 5) is 2.67. The first-order valence-corrected chi connectivity index (χ1v) is 9.00. The molecule has 3 fully saturated rings. The molecule has 1 saturated heterocycles. The van der Waals surface area contributed by atoms with Crippen LogP contribution in [0.1, 0.15) is 71.6 Å². The van der Waals surface area contributed by atoms with Gasteiger partial charge in [-0.05, 0) is 63.3 Å². The Morgan fingerprint density at radius 2 is 1.75 bits per heavy atom. The van der Waals surface area contributed by atoms with Gasteiger partial charge in [0.25, 0.3) is 0 Å².